The molecule has 3 heterocycles. The van der Waals surface area contributed by atoms with Crippen molar-refractivity contribution in [1.82, 2.24) is 9.88 Å². The summed E-state index contributed by atoms with van der Waals surface area (Å²) in [7, 11) is 1.62. The highest BCUT2D eigenvalue weighted by Crippen LogP contribution is 2.32. The van der Waals surface area contributed by atoms with E-state index in [4.69, 9.17) is 9.15 Å². The van der Waals surface area contributed by atoms with Gasteiger partial charge in [-0.3, -0.25) is 15.0 Å². The van der Waals surface area contributed by atoms with E-state index in [2.05, 4.69) is 39.5 Å². The largest absolute Gasteiger partial charge is 0.497 e. The van der Waals surface area contributed by atoms with Crippen molar-refractivity contribution in [2.45, 2.75) is 26.4 Å². The van der Waals surface area contributed by atoms with Crippen LogP contribution in [0.4, 0.5) is 5.13 Å². The molecule has 1 aliphatic heterocycles. The molecule has 7 heteroatoms. The maximum absolute atomic E-state index is 12.9. The minimum Gasteiger partial charge on any atom is -0.497 e. The van der Waals surface area contributed by atoms with Crippen LogP contribution >= 0.6 is 11.3 Å². The predicted octanol–water partition coefficient (Wildman–Crippen LogP) is 5.02. The van der Waals surface area contributed by atoms with Crippen LogP contribution in [0.15, 0.2) is 52.9 Å². The Morgan fingerprint density at radius 1 is 1.26 bits per heavy atom. The lowest BCUT2D eigenvalue weighted by Crippen LogP contribution is -2.29. The molecule has 0 bridgehead atoms. The number of benzene rings is 2. The average Bonchev–Trinajstić information content (AvgIpc) is 3.34. The van der Waals surface area contributed by atoms with Crippen LogP contribution in [0.1, 0.15) is 32.3 Å². The molecule has 0 radical (unpaired) electrons. The first kappa shape index (κ1) is 19.8. The van der Waals surface area contributed by atoms with E-state index in [9.17, 15) is 4.79 Å². The van der Waals surface area contributed by atoms with Gasteiger partial charge in [0.25, 0.3) is 5.91 Å². The molecule has 0 aliphatic carbocycles. The zero-order valence-electron chi connectivity index (χ0n) is 17.5. The van der Waals surface area contributed by atoms with Gasteiger partial charge >= 0.3 is 0 Å². The average molecular weight is 434 g/mol. The number of nitrogens with zero attached hydrogens (tertiary/aromatic N) is 2. The first-order valence-electron chi connectivity index (χ1n) is 10.2. The van der Waals surface area contributed by atoms with Crippen molar-refractivity contribution in [3.05, 3.63) is 76.0 Å². The number of aromatic nitrogens is 1. The summed E-state index contributed by atoms with van der Waals surface area (Å²) in [6, 6.07) is 16.0. The van der Waals surface area contributed by atoms with Crippen LogP contribution in [0, 0.1) is 6.92 Å². The van der Waals surface area contributed by atoms with Gasteiger partial charge in [-0.15, -0.1) is 11.3 Å². The molecule has 0 saturated heterocycles. The molecule has 158 valence electrons. The second-order valence-corrected chi connectivity index (χ2v) is 8.79. The van der Waals surface area contributed by atoms with Crippen molar-refractivity contribution in [1.29, 1.82) is 0 Å². The van der Waals surface area contributed by atoms with Crippen LogP contribution in [-0.2, 0) is 19.5 Å². The third-order valence-corrected chi connectivity index (χ3v) is 6.63. The number of hydrogen-bond acceptors (Lipinski definition) is 6. The molecule has 31 heavy (non-hydrogen) atoms. The van der Waals surface area contributed by atoms with Gasteiger partial charge in [0, 0.05) is 41.9 Å². The van der Waals surface area contributed by atoms with Crippen molar-refractivity contribution < 1.29 is 13.9 Å². The normalized spacial score (nSPS) is 13.9. The minimum atomic E-state index is -0.278. The van der Waals surface area contributed by atoms with Gasteiger partial charge in [-0.25, -0.2) is 4.98 Å². The third kappa shape index (κ3) is 3.94. The summed E-state index contributed by atoms with van der Waals surface area (Å²) in [5.74, 6) is 0.762. The second-order valence-electron chi connectivity index (χ2n) is 7.71. The monoisotopic (exact) mass is 433 g/mol. The zero-order chi connectivity index (χ0) is 21.4. The van der Waals surface area contributed by atoms with E-state index in [0.717, 1.165) is 48.4 Å². The minimum absolute atomic E-state index is 0.278. The van der Waals surface area contributed by atoms with E-state index >= 15 is 0 Å². The molecular weight excluding hydrogens is 410 g/mol. The van der Waals surface area contributed by atoms with Gasteiger partial charge < -0.3 is 9.15 Å². The van der Waals surface area contributed by atoms with Crippen LogP contribution in [0.3, 0.4) is 0 Å². The standard InChI is InChI=1S/C24H23N3O3S/c1-15-18-12-17(29-2)8-9-20(18)30-22(15)23(28)26-24-25-19-10-11-27(14-21(19)31-24)13-16-6-4-3-5-7-16/h3-9,12H,10-11,13-14H2,1-2H3,(H,25,26,28). The molecule has 0 spiro atoms. The second kappa shape index (κ2) is 8.17. The molecule has 6 nitrogen and oxygen atoms in total. The van der Waals surface area contributed by atoms with Crippen molar-refractivity contribution in [3.63, 3.8) is 0 Å². The van der Waals surface area contributed by atoms with Crippen molar-refractivity contribution in [2.24, 2.45) is 0 Å². The van der Waals surface area contributed by atoms with E-state index in [1.807, 2.05) is 31.2 Å². The summed E-state index contributed by atoms with van der Waals surface area (Å²) in [4.78, 5) is 21.2. The fourth-order valence-corrected chi connectivity index (χ4v) is 5.02. The topological polar surface area (TPSA) is 67.6 Å². The summed E-state index contributed by atoms with van der Waals surface area (Å²) in [6.07, 6.45) is 0.887. The number of thiazole rings is 1. The highest BCUT2D eigenvalue weighted by molar-refractivity contribution is 7.15. The summed E-state index contributed by atoms with van der Waals surface area (Å²) in [5.41, 5.74) is 3.84. The van der Waals surface area contributed by atoms with E-state index in [1.54, 1.807) is 18.4 Å². The number of methoxy groups -OCH3 is 1. The van der Waals surface area contributed by atoms with E-state index in [1.165, 1.54) is 10.4 Å². The van der Waals surface area contributed by atoms with Gasteiger partial charge in [0.15, 0.2) is 10.9 Å². The first-order valence-corrected chi connectivity index (χ1v) is 11.1. The Kier molecular flexibility index (Phi) is 5.21. The molecule has 4 aromatic rings. The molecule has 1 amide bonds. The molecule has 1 aliphatic rings. The molecule has 2 aromatic heterocycles. The molecule has 0 fully saturated rings. The van der Waals surface area contributed by atoms with Gasteiger partial charge in [-0.05, 0) is 30.7 Å². The van der Waals surface area contributed by atoms with Gasteiger partial charge in [0.05, 0.1) is 12.8 Å². The fraction of sp³-hybridized carbons (Fsp3) is 0.250. The number of carbonyl (C=O) groups excluding carboxylic acids is 1. The Bertz CT molecular complexity index is 1250. The van der Waals surface area contributed by atoms with Crippen molar-refractivity contribution >= 4 is 33.3 Å². The number of anilines is 1. The number of amides is 1. The molecule has 5 rings (SSSR count). The van der Waals surface area contributed by atoms with Gasteiger partial charge in [0.1, 0.15) is 11.3 Å². The fourth-order valence-electron chi connectivity index (χ4n) is 3.98. The Hall–Kier alpha value is -3.16. The maximum atomic E-state index is 12.9. The third-order valence-electron chi connectivity index (χ3n) is 5.63. The van der Waals surface area contributed by atoms with Gasteiger partial charge in [-0.1, -0.05) is 30.3 Å². The lowest BCUT2D eigenvalue weighted by Gasteiger charge is -2.25. The number of aryl methyl sites for hydroxylation is 1. The molecular formula is C24H23N3O3S. The quantitative estimate of drug-likeness (QED) is 0.479. The molecule has 2 aromatic carbocycles. The molecule has 0 unspecified atom stereocenters. The van der Waals surface area contributed by atoms with Gasteiger partial charge in [0.2, 0.25) is 0 Å². The van der Waals surface area contributed by atoms with E-state index < -0.39 is 0 Å². The number of rotatable bonds is 5. The summed E-state index contributed by atoms with van der Waals surface area (Å²) in [6.45, 7) is 4.61. The zero-order valence-corrected chi connectivity index (χ0v) is 18.3. The van der Waals surface area contributed by atoms with Crippen LogP contribution < -0.4 is 10.1 Å². The Morgan fingerprint density at radius 3 is 2.90 bits per heavy atom. The highest BCUT2D eigenvalue weighted by Gasteiger charge is 2.23. The van der Waals surface area contributed by atoms with Crippen LogP contribution in [0.5, 0.6) is 5.75 Å². The Balaban J connectivity index is 1.31. The number of hydrogen-bond donors (Lipinski definition) is 1. The van der Waals surface area contributed by atoms with Crippen LogP contribution in [-0.4, -0.2) is 29.4 Å². The van der Waals surface area contributed by atoms with E-state index in [-0.39, 0.29) is 5.91 Å². The maximum Gasteiger partial charge on any atom is 0.293 e. The predicted molar refractivity (Wildman–Crippen MR) is 122 cm³/mol. The van der Waals surface area contributed by atoms with Crippen molar-refractivity contribution in [3.8, 4) is 5.75 Å². The Labute approximate surface area is 184 Å². The first-order chi connectivity index (χ1) is 15.1. The van der Waals surface area contributed by atoms with Gasteiger partial charge in [-0.2, -0.15) is 0 Å². The summed E-state index contributed by atoms with van der Waals surface area (Å²) >= 11 is 1.55. The number of ether oxygens (including phenoxy) is 1. The van der Waals surface area contributed by atoms with Crippen LogP contribution in [0.2, 0.25) is 0 Å². The SMILES string of the molecule is COc1ccc2oc(C(=O)Nc3nc4c(s3)CN(Cc3ccccc3)CC4)c(C)c2c1. The lowest BCUT2D eigenvalue weighted by molar-refractivity contribution is 0.0998. The van der Waals surface area contributed by atoms with Crippen LogP contribution in [0.25, 0.3) is 11.0 Å². The number of furan rings is 1. The molecule has 0 atom stereocenters. The number of carbonyl (C=O) groups is 1. The summed E-state index contributed by atoms with van der Waals surface area (Å²) in [5, 5.41) is 4.43. The van der Waals surface area contributed by atoms with E-state index in [0.29, 0.717) is 16.5 Å². The highest BCUT2D eigenvalue weighted by atomic mass is 32.1. The smallest absolute Gasteiger partial charge is 0.293 e. The van der Waals surface area contributed by atoms with Crippen molar-refractivity contribution in [2.75, 3.05) is 19.0 Å². The lowest BCUT2D eigenvalue weighted by atomic mass is 10.1. The summed E-state index contributed by atoms with van der Waals surface area (Å²) < 4.78 is 11.1. The number of fused-ring (bicyclic) bond motifs is 2. The molecule has 0 saturated carbocycles. The Morgan fingerprint density at radius 2 is 2.10 bits per heavy atom. The number of nitrogens with one attached hydrogen (secondary N) is 1. The molecule has 1 N–H and O–H groups in total.